The number of aliphatic hydroxyl groups excluding tert-OH is 1. The van der Waals surface area contributed by atoms with Gasteiger partial charge in [-0.05, 0) is 31.4 Å². The van der Waals surface area contributed by atoms with E-state index in [-0.39, 0.29) is 17.8 Å². The molecule has 0 aliphatic heterocycles. The van der Waals surface area contributed by atoms with Crippen molar-refractivity contribution in [3.63, 3.8) is 0 Å². The van der Waals surface area contributed by atoms with E-state index in [0.717, 1.165) is 13.1 Å². The Hall–Kier alpha value is -1.14. The van der Waals surface area contributed by atoms with Crippen molar-refractivity contribution in [2.24, 2.45) is 5.92 Å². The lowest BCUT2D eigenvalue weighted by atomic mass is 10.2. The van der Waals surface area contributed by atoms with E-state index in [1.807, 2.05) is 25.7 Å². The monoisotopic (exact) mass is 273 g/mol. The van der Waals surface area contributed by atoms with E-state index in [0.29, 0.717) is 18.4 Å². The van der Waals surface area contributed by atoms with E-state index in [1.165, 1.54) is 0 Å². The van der Waals surface area contributed by atoms with Crippen LogP contribution in [0.15, 0.2) is 0 Å². The average molecular weight is 274 g/mol. The van der Waals surface area contributed by atoms with Gasteiger partial charge in [0.2, 0.25) is 17.2 Å². The first-order valence-corrected chi connectivity index (χ1v) is 6.49. The normalized spacial score (nSPS) is 12.3. The molecule has 18 heavy (non-hydrogen) atoms. The number of rotatable bonds is 7. The molecule has 1 atom stereocenters. The van der Waals surface area contributed by atoms with E-state index in [9.17, 15) is 0 Å². The highest BCUT2D eigenvalue weighted by molar-refractivity contribution is 6.28. The molecule has 102 valence electrons. The second-order valence-electron chi connectivity index (χ2n) is 4.07. The molecular formula is C11H20ClN5O. The molecule has 6 nitrogen and oxygen atoms in total. The van der Waals surface area contributed by atoms with Crippen molar-refractivity contribution in [2.75, 3.05) is 36.5 Å². The molecule has 0 fully saturated rings. The van der Waals surface area contributed by atoms with Gasteiger partial charge >= 0.3 is 0 Å². The van der Waals surface area contributed by atoms with Crippen molar-refractivity contribution >= 4 is 23.5 Å². The van der Waals surface area contributed by atoms with Crippen molar-refractivity contribution in [2.45, 2.75) is 20.8 Å². The van der Waals surface area contributed by atoms with Crippen LogP contribution < -0.4 is 10.2 Å². The van der Waals surface area contributed by atoms with Gasteiger partial charge in [0.1, 0.15) is 0 Å². The highest BCUT2D eigenvalue weighted by Crippen LogP contribution is 2.13. The molecule has 0 aliphatic rings. The van der Waals surface area contributed by atoms with Crippen LogP contribution in [0, 0.1) is 5.92 Å². The molecule has 1 aromatic rings. The molecule has 0 amide bonds. The van der Waals surface area contributed by atoms with Gasteiger partial charge in [-0.15, -0.1) is 0 Å². The minimum Gasteiger partial charge on any atom is -0.396 e. The molecule has 1 aromatic heterocycles. The number of aliphatic hydroxyl groups is 1. The molecule has 1 unspecified atom stereocenters. The molecular weight excluding hydrogens is 254 g/mol. The fraction of sp³-hybridized carbons (Fsp3) is 0.727. The Morgan fingerprint density at radius 1 is 1.28 bits per heavy atom. The molecule has 0 saturated carbocycles. The Morgan fingerprint density at radius 2 is 1.94 bits per heavy atom. The Labute approximate surface area is 112 Å². The van der Waals surface area contributed by atoms with Crippen molar-refractivity contribution in [1.29, 1.82) is 0 Å². The first-order valence-electron chi connectivity index (χ1n) is 6.11. The smallest absolute Gasteiger partial charge is 0.231 e. The summed E-state index contributed by atoms with van der Waals surface area (Å²) in [6.07, 6.45) is 0. The van der Waals surface area contributed by atoms with Gasteiger partial charge in [-0.2, -0.15) is 15.0 Å². The SMILES string of the molecule is CCN(CC)c1nc(Cl)nc(NCC(C)CO)n1. The molecule has 7 heteroatoms. The third kappa shape index (κ3) is 4.27. The summed E-state index contributed by atoms with van der Waals surface area (Å²) in [5.74, 6) is 1.15. The fourth-order valence-electron chi connectivity index (χ4n) is 1.40. The summed E-state index contributed by atoms with van der Waals surface area (Å²) in [7, 11) is 0. The summed E-state index contributed by atoms with van der Waals surface area (Å²) in [5.41, 5.74) is 0. The van der Waals surface area contributed by atoms with Crippen LogP contribution in [-0.2, 0) is 0 Å². The first kappa shape index (κ1) is 14.9. The summed E-state index contributed by atoms with van der Waals surface area (Å²) < 4.78 is 0. The van der Waals surface area contributed by atoms with Gasteiger partial charge in [0.25, 0.3) is 0 Å². The predicted molar refractivity (Wildman–Crippen MR) is 73.1 cm³/mol. The van der Waals surface area contributed by atoms with Crippen molar-refractivity contribution in [1.82, 2.24) is 15.0 Å². The van der Waals surface area contributed by atoms with Crippen LogP contribution in [0.25, 0.3) is 0 Å². The quantitative estimate of drug-likeness (QED) is 0.783. The van der Waals surface area contributed by atoms with Gasteiger partial charge in [0.15, 0.2) is 0 Å². The van der Waals surface area contributed by atoms with Gasteiger partial charge in [0, 0.05) is 26.2 Å². The highest BCUT2D eigenvalue weighted by atomic mass is 35.5. The first-order chi connectivity index (χ1) is 8.60. The lowest BCUT2D eigenvalue weighted by molar-refractivity contribution is 0.244. The standard InChI is InChI=1S/C11H20ClN5O/c1-4-17(5-2)11-15-9(12)14-10(16-11)13-6-8(3)7-18/h8,18H,4-7H2,1-3H3,(H,13,14,15,16). The average Bonchev–Trinajstić information content (AvgIpc) is 2.37. The van der Waals surface area contributed by atoms with Crippen LogP contribution in [0.4, 0.5) is 11.9 Å². The fourth-order valence-corrected chi connectivity index (χ4v) is 1.55. The second-order valence-corrected chi connectivity index (χ2v) is 4.41. The summed E-state index contributed by atoms with van der Waals surface area (Å²) in [6, 6.07) is 0. The van der Waals surface area contributed by atoms with Gasteiger partial charge in [-0.25, -0.2) is 0 Å². The lowest BCUT2D eigenvalue weighted by Crippen LogP contribution is -2.25. The molecule has 2 N–H and O–H groups in total. The number of halogens is 1. The third-order valence-electron chi connectivity index (χ3n) is 2.56. The molecule has 0 aliphatic carbocycles. The Morgan fingerprint density at radius 3 is 2.50 bits per heavy atom. The summed E-state index contributed by atoms with van der Waals surface area (Å²) in [4.78, 5) is 14.4. The highest BCUT2D eigenvalue weighted by Gasteiger charge is 2.10. The minimum atomic E-state index is 0.120. The Kier molecular flexibility index (Phi) is 6.07. The maximum Gasteiger partial charge on any atom is 0.231 e. The molecule has 0 spiro atoms. The summed E-state index contributed by atoms with van der Waals surface area (Å²) >= 11 is 5.88. The largest absolute Gasteiger partial charge is 0.396 e. The molecule has 0 aromatic carbocycles. The van der Waals surface area contributed by atoms with E-state index < -0.39 is 0 Å². The maximum absolute atomic E-state index is 8.96. The molecule has 0 bridgehead atoms. The van der Waals surface area contributed by atoms with Gasteiger partial charge in [-0.1, -0.05) is 6.92 Å². The van der Waals surface area contributed by atoms with Gasteiger partial charge in [-0.3, -0.25) is 0 Å². The van der Waals surface area contributed by atoms with Crippen LogP contribution in [0.3, 0.4) is 0 Å². The van der Waals surface area contributed by atoms with Crippen molar-refractivity contribution in [3.8, 4) is 0 Å². The number of aromatic nitrogens is 3. The topological polar surface area (TPSA) is 74.2 Å². The Balaban J connectivity index is 2.80. The zero-order valence-corrected chi connectivity index (χ0v) is 11.8. The summed E-state index contributed by atoms with van der Waals surface area (Å²) in [6.45, 7) is 8.32. The number of nitrogens with zero attached hydrogens (tertiary/aromatic N) is 4. The van der Waals surface area contributed by atoms with Crippen LogP contribution in [0.2, 0.25) is 5.28 Å². The molecule has 0 radical (unpaired) electrons. The predicted octanol–water partition coefficient (Wildman–Crippen LogP) is 1.41. The third-order valence-corrected chi connectivity index (χ3v) is 2.73. The van der Waals surface area contributed by atoms with E-state index in [1.54, 1.807) is 0 Å². The number of hydrogen-bond donors (Lipinski definition) is 2. The number of hydrogen-bond acceptors (Lipinski definition) is 6. The Bertz CT molecular complexity index is 372. The number of nitrogens with one attached hydrogen (secondary N) is 1. The van der Waals surface area contributed by atoms with Crippen LogP contribution >= 0.6 is 11.6 Å². The van der Waals surface area contributed by atoms with Crippen LogP contribution in [-0.4, -0.2) is 46.3 Å². The van der Waals surface area contributed by atoms with Crippen molar-refractivity contribution < 1.29 is 5.11 Å². The summed E-state index contributed by atoms with van der Waals surface area (Å²) in [5, 5.41) is 12.2. The second kappa shape index (κ2) is 7.33. The van der Waals surface area contributed by atoms with E-state index in [4.69, 9.17) is 16.7 Å². The van der Waals surface area contributed by atoms with E-state index in [2.05, 4.69) is 20.3 Å². The zero-order chi connectivity index (χ0) is 13.5. The lowest BCUT2D eigenvalue weighted by Gasteiger charge is -2.19. The minimum absolute atomic E-state index is 0.120. The van der Waals surface area contributed by atoms with E-state index >= 15 is 0 Å². The van der Waals surface area contributed by atoms with Crippen LogP contribution in [0.1, 0.15) is 20.8 Å². The van der Waals surface area contributed by atoms with Gasteiger partial charge in [0.05, 0.1) is 0 Å². The van der Waals surface area contributed by atoms with Crippen molar-refractivity contribution in [3.05, 3.63) is 5.28 Å². The van der Waals surface area contributed by atoms with Gasteiger partial charge < -0.3 is 15.3 Å². The maximum atomic E-state index is 8.96. The van der Waals surface area contributed by atoms with Crippen LogP contribution in [0.5, 0.6) is 0 Å². The number of anilines is 2. The molecule has 0 saturated heterocycles. The zero-order valence-electron chi connectivity index (χ0n) is 11.0. The molecule has 1 rings (SSSR count). The molecule has 1 heterocycles.